The Morgan fingerprint density at radius 3 is 2.48 bits per heavy atom. The van der Waals surface area contributed by atoms with Crippen LogP contribution >= 0.6 is 31.9 Å². The van der Waals surface area contributed by atoms with Crippen LogP contribution in [-0.2, 0) is 6.42 Å². The largest absolute Gasteiger partial charge is 0.386 e. The van der Waals surface area contributed by atoms with E-state index in [1.807, 2.05) is 54.6 Å². The van der Waals surface area contributed by atoms with Gasteiger partial charge in [-0.05, 0) is 45.8 Å². The summed E-state index contributed by atoms with van der Waals surface area (Å²) < 4.78 is 1.87. The minimum Gasteiger partial charge on any atom is -0.386 e. The Labute approximate surface area is 140 Å². The van der Waals surface area contributed by atoms with Crippen molar-refractivity contribution in [3.05, 3.63) is 74.8 Å². The Bertz CT molecular complexity index is 771. The lowest BCUT2D eigenvalue weighted by molar-refractivity contribution is 0.173. The third-order valence-corrected chi connectivity index (χ3v) is 4.53. The number of hydrogen-bond donors (Lipinski definition) is 1. The second kappa shape index (κ2) is 6.26. The van der Waals surface area contributed by atoms with Crippen molar-refractivity contribution in [3.8, 4) is 0 Å². The van der Waals surface area contributed by atoms with Crippen LogP contribution in [0, 0.1) is 0 Å². The number of aliphatic hydroxyl groups is 1. The lowest BCUT2D eigenvalue weighted by atomic mass is 10.0. The van der Waals surface area contributed by atoms with E-state index >= 15 is 0 Å². The molecule has 1 aromatic heterocycles. The molecule has 0 bridgehead atoms. The average molecular weight is 407 g/mol. The monoisotopic (exact) mass is 405 g/mol. The van der Waals surface area contributed by atoms with E-state index in [9.17, 15) is 5.11 Å². The molecule has 3 aromatic rings. The zero-order valence-electron chi connectivity index (χ0n) is 11.1. The fourth-order valence-corrected chi connectivity index (χ4v) is 3.14. The second-order valence-electron chi connectivity index (χ2n) is 4.89. The van der Waals surface area contributed by atoms with Crippen molar-refractivity contribution in [2.24, 2.45) is 0 Å². The molecule has 21 heavy (non-hydrogen) atoms. The highest BCUT2D eigenvalue weighted by atomic mass is 79.9. The van der Waals surface area contributed by atoms with Crippen LogP contribution < -0.4 is 0 Å². The van der Waals surface area contributed by atoms with Gasteiger partial charge in [-0.25, -0.2) is 4.98 Å². The predicted molar refractivity (Wildman–Crippen MR) is 92.2 cm³/mol. The molecule has 0 radical (unpaired) electrons. The first-order valence-electron chi connectivity index (χ1n) is 6.61. The van der Waals surface area contributed by atoms with Gasteiger partial charge in [0, 0.05) is 20.8 Å². The number of aromatic nitrogens is 1. The van der Waals surface area contributed by atoms with E-state index in [1.165, 1.54) is 0 Å². The smallest absolute Gasteiger partial charge is 0.101 e. The normalized spacial score (nSPS) is 12.5. The Kier molecular flexibility index (Phi) is 4.38. The maximum Gasteiger partial charge on any atom is 0.101 e. The van der Waals surface area contributed by atoms with E-state index in [2.05, 4.69) is 36.8 Å². The fraction of sp³-hybridized carbons (Fsp3) is 0.118. The molecule has 0 saturated carbocycles. The van der Waals surface area contributed by atoms with Gasteiger partial charge in [0.1, 0.15) is 6.10 Å². The van der Waals surface area contributed by atoms with Gasteiger partial charge in [0.25, 0.3) is 0 Å². The summed E-state index contributed by atoms with van der Waals surface area (Å²) in [4.78, 5) is 4.58. The summed E-state index contributed by atoms with van der Waals surface area (Å²) in [6, 6.07) is 17.9. The molecule has 0 aliphatic rings. The zero-order valence-corrected chi connectivity index (χ0v) is 14.3. The van der Waals surface area contributed by atoms with Crippen LogP contribution in [0.1, 0.15) is 17.4 Å². The van der Waals surface area contributed by atoms with E-state index in [0.29, 0.717) is 12.1 Å². The Morgan fingerprint density at radius 1 is 1.00 bits per heavy atom. The molecular formula is C17H13Br2NO. The predicted octanol–water partition coefficient (Wildman–Crippen LogP) is 5.04. The van der Waals surface area contributed by atoms with E-state index in [4.69, 9.17) is 0 Å². The molecule has 0 amide bonds. The maximum absolute atomic E-state index is 10.5. The molecule has 0 aliphatic heterocycles. The number of rotatable bonds is 3. The summed E-state index contributed by atoms with van der Waals surface area (Å²) >= 11 is 6.93. The van der Waals surface area contributed by atoms with Crippen molar-refractivity contribution >= 4 is 42.8 Å². The topological polar surface area (TPSA) is 33.1 Å². The van der Waals surface area contributed by atoms with Gasteiger partial charge >= 0.3 is 0 Å². The van der Waals surface area contributed by atoms with Crippen molar-refractivity contribution in [1.82, 2.24) is 4.98 Å². The first-order valence-corrected chi connectivity index (χ1v) is 8.20. The highest BCUT2D eigenvalue weighted by Gasteiger charge is 2.15. The highest BCUT2D eigenvalue weighted by molar-refractivity contribution is 9.10. The average Bonchev–Trinajstić information content (AvgIpc) is 2.49. The minimum absolute atomic E-state index is 0.539. The molecule has 3 rings (SSSR count). The molecule has 2 nitrogen and oxygen atoms in total. The summed E-state index contributed by atoms with van der Waals surface area (Å²) in [5.74, 6) is 0. The standard InChI is InChI=1S/C17H13Br2NO/c18-13-7-5-11(6-8-13)9-16(21)17-14(19)10-12-3-1-2-4-15(12)20-17/h1-8,10,16,21H,9H2. The molecule has 4 heteroatoms. The Morgan fingerprint density at radius 2 is 1.71 bits per heavy atom. The molecule has 2 aromatic carbocycles. The molecule has 0 fully saturated rings. The molecular weight excluding hydrogens is 394 g/mol. The number of hydrogen-bond acceptors (Lipinski definition) is 2. The summed E-state index contributed by atoms with van der Waals surface area (Å²) in [6.45, 7) is 0. The summed E-state index contributed by atoms with van der Waals surface area (Å²) in [5, 5.41) is 11.5. The number of pyridine rings is 1. The molecule has 0 saturated heterocycles. The number of halogens is 2. The molecule has 1 atom stereocenters. The maximum atomic E-state index is 10.5. The van der Waals surface area contributed by atoms with Gasteiger partial charge in [0.2, 0.25) is 0 Å². The lowest BCUT2D eigenvalue weighted by Gasteiger charge is -2.13. The van der Waals surface area contributed by atoms with Crippen LogP contribution in [0.3, 0.4) is 0 Å². The number of fused-ring (bicyclic) bond motifs is 1. The lowest BCUT2D eigenvalue weighted by Crippen LogP contribution is -2.05. The summed E-state index contributed by atoms with van der Waals surface area (Å²) in [5.41, 5.74) is 2.65. The molecule has 1 N–H and O–H groups in total. The van der Waals surface area contributed by atoms with Crippen LogP contribution in [0.4, 0.5) is 0 Å². The van der Waals surface area contributed by atoms with Crippen molar-refractivity contribution < 1.29 is 5.11 Å². The first-order chi connectivity index (χ1) is 10.1. The van der Waals surface area contributed by atoms with Gasteiger partial charge in [0.15, 0.2) is 0 Å². The fourth-order valence-electron chi connectivity index (χ4n) is 2.28. The van der Waals surface area contributed by atoms with E-state index in [1.54, 1.807) is 0 Å². The van der Waals surface area contributed by atoms with Gasteiger partial charge in [-0.15, -0.1) is 0 Å². The quantitative estimate of drug-likeness (QED) is 0.661. The number of aliphatic hydroxyl groups excluding tert-OH is 1. The van der Waals surface area contributed by atoms with Crippen LogP contribution in [0.15, 0.2) is 63.5 Å². The van der Waals surface area contributed by atoms with Crippen LogP contribution in [0.2, 0.25) is 0 Å². The van der Waals surface area contributed by atoms with Crippen molar-refractivity contribution in [3.63, 3.8) is 0 Å². The zero-order chi connectivity index (χ0) is 14.8. The number of nitrogens with zero attached hydrogens (tertiary/aromatic N) is 1. The number of para-hydroxylation sites is 1. The third-order valence-electron chi connectivity index (χ3n) is 3.36. The minimum atomic E-state index is -0.634. The Balaban J connectivity index is 1.91. The molecule has 106 valence electrons. The van der Waals surface area contributed by atoms with Gasteiger partial charge in [-0.1, -0.05) is 46.3 Å². The molecule has 0 spiro atoms. The van der Waals surface area contributed by atoms with Crippen LogP contribution in [0.25, 0.3) is 10.9 Å². The molecule has 1 unspecified atom stereocenters. The van der Waals surface area contributed by atoms with Crippen LogP contribution in [0.5, 0.6) is 0 Å². The molecule has 0 aliphatic carbocycles. The van der Waals surface area contributed by atoms with Crippen LogP contribution in [-0.4, -0.2) is 10.1 Å². The van der Waals surface area contributed by atoms with Crippen molar-refractivity contribution in [2.45, 2.75) is 12.5 Å². The van der Waals surface area contributed by atoms with Gasteiger partial charge < -0.3 is 5.11 Å². The van der Waals surface area contributed by atoms with Crippen molar-refractivity contribution in [1.29, 1.82) is 0 Å². The van der Waals surface area contributed by atoms with Gasteiger partial charge in [-0.2, -0.15) is 0 Å². The second-order valence-corrected chi connectivity index (χ2v) is 6.66. The van der Waals surface area contributed by atoms with E-state index < -0.39 is 6.10 Å². The van der Waals surface area contributed by atoms with Gasteiger partial charge in [0.05, 0.1) is 11.2 Å². The summed E-state index contributed by atoms with van der Waals surface area (Å²) in [6.07, 6.45) is -0.0952. The molecule has 1 heterocycles. The number of benzene rings is 2. The summed E-state index contributed by atoms with van der Waals surface area (Å²) in [7, 11) is 0. The first kappa shape index (κ1) is 14.7. The third kappa shape index (κ3) is 3.34. The van der Waals surface area contributed by atoms with Gasteiger partial charge in [-0.3, -0.25) is 0 Å². The van der Waals surface area contributed by atoms with E-state index in [-0.39, 0.29) is 0 Å². The SMILES string of the molecule is OC(Cc1ccc(Br)cc1)c1nc2ccccc2cc1Br. The van der Waals surface area contributed by atoms with Crippen molar-refractivity contribution in [2.75, 3.05) is 0 Å². The van der Waals surface area contributed by atoms with E-state index in [0.717, 1.165) is 25.4 Å². The Hall–Kier alpha value is -1.23. The highest BCUT2D eigenvalue weighted by Crippen LogP contribution is 2.28.